The van der Waals surface area contributed by atoms with E-state index in [0.717, 1.165) is 34.9 Å². The minimum Gasteiger partial charge on any atom is -0.307 e. The second-order valence-corrected chi connectivity index (χ2v) is 7.11. The fraction of sp³-hybridized carbons (Fsp3) is 0.400. The Balaban J connectivity index is 2.18. The topological polar surface area (TPSA) is 37.4 Å². The fourth-order valence-corrected chi connectivity index (χ4v) is 4.46. The van der Waals surface area contributed by atoms with E-state index >= 15 is 0 Å². The number of para-hydroxylation sites is 1. The Morgan fingerprint density at radius 3 is 2.42 bits per heavy atom. The quantitative estimate of drug-likeness (QED) is 0.418. The van der Waals surface area contributed by atoms with Gasteiger partial charge < -0.3 is 4.90 Å². The van der Waals surface area contributed by atoms with Crippen LogP contribution in [-0.2, 0) is 9.59 Å². The van der Waals surface area contributed by atoms with Gasteiger partial charge in [0.15, 0.2) is 11.6 Å². The molecule has 3 nitrogen and oxygen atoms in total. The molecule has 126 valence electrons. The van der Waals surface area contributed by atoms with Gasteiger partial charge in [0, 0.05) is 23.4 Å². The lowest BCUT2D eigenvalue weighted by atomic mass is 10.0. The Hall–Kier alpha value is -1.81. The van der Waals surface area contributed by atoms with E-state index in [0.29, 0.717) is 18.4 Å². The maximum Gasteiger partial charge on any atom is 0.168 e. The van der Waals surface area contributed by atoms with Crippen molar-refractivity contribution in [2.24, 2.45) is 0 Å². The van der Waals surface area contributed by atoms with Crippen LogP contribution in [0.4, 0.5) is 5.69 Å². The number of thioether (sulfide) groups is 1. The number of carbonyl (C=O) groups excluding carboxylic acids is 2. The summed E-state index contributed by atoms with van der Waals surface area (Å²) in [7, 11) is 0. The number of hydrogen-bond acceptors (Lipinski definition) is 4. The first-order valence-corrected chi connectivity index (χ1v) is 9.55. The minimum absolute atomic E-state index is 0.0569. The third-order valence-corrected chi connectivity index (χ3v) is 5.63. The van der Waals surface area contributed by atoms with Crippen LogP contribution in [0.2, 0.25) is 0 Å². The number of ketones is 2. The molecule has 0 amide bonds. The molecule has 0 bridgehead atoms. The molecule has 1 aliphatic heterocycles. The highest BCUT2D eigenvalue weighted by molar-refractivity contribution is 8.03. The van der Waals surface area contributed by atoms with E-state index in [1.54, 1.807) is 11.8 Å². The van der Waals surface area contributed by atoms with Crippen LogP contribution in [-0.4, -0.2) is 11.6 Å². The number of benzene rings is 1. The van der Waals surface area contributed by atoms with E-state index in [9.17, 15) is 9.59 Å². The van der Waals surface area contributed by atoms with Crippen molar-refractivity contribution in [2.45, 2.75) is 57.3 Å². The maximum absolute atomic E-state index is 12.5. The molecule has 0 atom stereocenters. The standard InChI is InChI=1S/C20H23NO2S/c1-3-16(22)19(17(23)4-2)20-21(14-10-6-5-7-11-14)15-12-8-9-13-18(15)24-20/h8-10,12-13H,3-7,11H2,1-2H3. The zero-order chi connectivity index (χ0) is 17.1. The Morgan fingerprint density at radius 1 is 1.08 bits per heavy atom. The Labute approximate surface area is 147 Å². The molecule has 1 heterocycles. The second-order valence-electron chi connectivity index (χ2n) is 6.08. The maximum atomic E-state index is 12.5. The summed E-state index contributed by atoms with van der Waals surface area (Å²) in [6.45, 7) is 3.64. The third-order valence-electron chi connectivity index (χ3n) is 4.48. The summed E-state index contributed by atoms with van der Waals surface area (Å²) in [5, 5.41) is 0.808. The van der Waals surface area contributed by atoms with Crippen LogP contribution in [0.1, 0.15) is 52.4 Å². The Kier molecular flexibility index (Phi) is 5.24. The first-order valence-electron chi connectivity index (χ1n) is 8.74. The van der Waals surface area contributed by atoms with Gasteiger partial charge in [0.1, 0.15) is 0 Å². The normalized spacial score (nSPS) is 16.7. The number of anilines is 1. The molecular formula is C20H23NO2S. The summed E-state index contributed by atoms with van der Waals surface area (Å²) >= 11 is 1.56. The second kappa shape index (κ2) is 7.39. The largest absolute Gasteiger partial charge is 0.307 e. The Morgan fingerprint density at radius 2 is 1.79 bits per heavy atom. The van der Waals surface area contributed by atoms with Crippen LogP contribution in [0.5, 0.6) is 0 Å². The van der Waals surface area contributed by atoms with Gasteiger partial charge in [-0.3, -0.25) is 9.59 Å². The van der Waals surface area contributed by atoms with Gasteiger partial charge in [0.2, 0.25) is 0 Å². The van der Waals surface area contributed by atoms with Gasteiger partial charge in [-0.2, -0.15) is 0 Å². The van der Waals surface area contributed by atoms with E-state index < -0.39 is 0 Å². The lowest BCUT2D eigenvalue weighted by Crippen LogP contribution is -2.24. The molecule has 0 radical (unpaired) electrons. The number of allylic oxidation sites excluding steroid dienone is 3. The van der Waals surface area contributed by atoms with E-state index in [1.165, 1.54) is 12.1 Å². The number of hydrogen-bond donors (Lipinski definition) is 0. The molecule has 4 heteroatoms. The monoisotopic (exact) mass is 341 g/mol. The first-order chi connectivity index (χ1) is 11.7. The van der Waals surface area contributed by atoms with Crippen molar-refractivity contribution in [3.05, 3.63) is 46.6 Å². The van der Waals surface area contributed by atoms with E-state index in [4.69, 9.17) is 0 Å². The molecule has 2 aliphatic rings. The number of rotatable bonds is 5. The van der Waals surface area contributed by atoms with Crippen molar-refractivity contribution < 1.29 is 9.59 Å². The molecule has 0 saturated heterocycles. The summed E-state index contributed by atoms with van der Waals surface area (Å²) in [5.41, 5.74) is 2.70. The SMILES string of the molecule is CCC(=O)C(C(=O)CC)=C1Sc2ccccc2N1C1=CCCCC1. The zero-order valence-corrected chi connectivity index (χ0v) is 15.1. The summed E-state index contributed by atoms with van der Waals surface area (Å²) in [4.78, 5) is 28.4. The highest BCUT2D eigenvalue weighted by atomic mass is 32.2. The van der Waals surface area contributed by atoms with Crippen LogP contribution >= 0.6 is 11.8 Å². The van der Waals surface area contributed by atoms with Crippen molar-refractivity contribution in [3.8, 4) is 0 Å². The molecule has 1 aliphatic carbocycles. The third kappa shape index (κ3) is 3.07. The molecular weight excluding hydrogens is 318 g/mol. The predicted molar refractivity (Wildman–Crippen MR) is 99.0 cm³/mol. The average Bonchev–Trinajstić information content (AvgIpc) is 3.01. The highest BCUT2D eigenvalue weighted by Crippen LogP contribution is 2.50. The molecule has 0 N–H and O–H groups in total. The number of carbonyl (C=O) groups is 2. The lowest BCUT2D eigenvalue weighted by molar-refractivity contribution is -0.121. The van der Waals surface area contributed by atoms with Crippen LogP contribution in [0.25, 0.3) is 0 Å². The lowest BCUT2D eigenvalue weighted by Gasteiger charge is -2.27. The van der Waals surface area contributed by atoms with Gasteiger partial charge in [-0.15, -0.1) is 0 Å². The van der Waals surface area contributed by atoms with Crippen molar-refractivity contribution in [2.75, 3.05) is 4.90 Å². The summed E-state index contributed by atoms with van der Waals surface area (Å²) in [6, 6.07) is 8.16. The van der Waals surface area contributed by atoms with Gasteiger partial charge in [-0.05, 0) is 37.8 Å². The summed E-state index contributed by atoms with van der Waals surface area (Å²) < 4.78 is 0. The molecule has 3 rings (SSSR count). The van der Waals surface area contributed by atoms with Crippen molar-refractivity contribution in [1.82, 2.24) is 0 Å². The van der Waals surface area contributed by atoms with Gasteiger partial charge >= 0.3 is 0 Å². The van der Waals surface area contributed by atoms with Crippen molar-refractivity contribution >= 4 is 29.0 Å². The van der Waals surface area contributed by atoms with Crippen molar-refractivity contribution in [3.63, 3.8) is 0 Å². The molecule has 1 aromatic carbocycles. The van der Waals surface area contributed by atoms with Crippen LogP contribution in [0.3, 0.4) is 0 Å². The Bertz CT molecular complexity index is 715. The molecule has 1 aromatic rings. The van der Waals surface area contributed by atoms with E-state index in [2.05, 4.69) is 23.1 Å². The predicted octanol–water partition coefficient (Wildman–Crippen LogP) is 5.23. The summed E-state index contributed by atoms with van der Waals surface area (Å²) in [5.74, 6) is -0.114. The fourth-order valence-electron chi connectivity index (χ4n) is 3.21. The van der Waals surface area contributed by atoms with E-state index in [-0.39, 0.29) is 11.6 Å². The average molecular weight is 341 g/mol. The van der Waals surface area contributed by atoms with Crippen LogP contribution < -0.4 is 4.90 Å². The minimum atomic E-state index is -0.0569. The van der Waals surface area contributed by atoms with Crippen LogP contribution in [0, 0.1) is 0 Å². The van der Waals surface area contributed by atoms with E-state index in [1.807, 2.05) is 26.0 Å². The molecule has 0 saturated carbocycles. The van der Waals surface area contributed by atoms with Crippen LogP contribution in [0.15, 0.2) is 51.5 Å². The summed E-state index contributed by atoms with van der Waals surface area (Å²) in [6.07, 6.45) is 7.39. The molecule has 0 fully saturated rings. The highest BCUT2D eigenvalue weighted by Gasteiger charge is 2.34. The number of Topliss-reactive ketones (excluding diaryl/α,β-unsaturated/α-hetero) is 2. The number of nitrogens with zero attached hydrogens (tertiary/aromatic N) is 1. The smallest absolute Gasteiger partial charge is 0.168 e. The molecule has 0 unspecified atom stereocenters. The molecule has 24 heavy (non-hydrogen) atoms. The first kappa shape index (κ1) is 17.0. The number of fused-ring (bicyclic) bond motifs is 1. The zero-order valence-electron chi connectivity index (χ0n) is 14.3. The van der Waals surface area contributed by atoms with Crippen molar-refractivity contribution in [1.29, 1.82) is 0 Å². The molecule has 0 aromatic heterocycles. The van der Waals surface area contributed by atoms with Gasteiger partial charge in [-0.1, -0.05) is 43.8 Å². The van der Waals surface area contributed by atoms with Gasteiger partial charge in [0.05, 0.1) is 16.3 Å². The molecule has 0 spiro atoms. The van der Waals surface area contributed by atoms with Gasteiger partial charge in [0.25, 0.3) is 0 Å². The van der Waals surface area contributed by atoms with Gasteiger partial charge in [-0.25, -0.2) is 0 Å².